The lowest BCUT2D eigenvalue weighted by molar-refractivity contribution is 0.145. The van der Waals surface area contributed by atoms with Gasteiger partial charge in [-0.25, -0.2) is 0 Å². The minimum absolute atomic E-state index is 0.243. The molecule has 3 heteroatoms. The predicted molar refractivity (Wildman–Crippen MR) is 61.4 cm³/mol. The van der Waals surface area contributed by atoms with Gasteiger partial charge in [-0.05, 0) is 47.6 Å². The van der Waals surface area contributed by atoms with E-state index in [9.17, 15) is 0 Å². The molecule has 1 saturated heterocycles. The third kappa shape index (κ3) is 3.56. The standard InChI is InChI=1S/C11H25N3/c1-10(2)6-9(13-8-12-5)7-11(3,4)14-10/h9,12-14H,6-8H2,1-5H3. The van der Waals surface area contributed by atoms with Gasteiger partial charge in [0.1, 0.15) is 0 Å². The van der Waals surface area contributed by atoms with Crippen molar-refractivity contribution in [3.05, 3.63) is 0 Å². The molecule has 0 spiro atoms. The van der Waals surface area contributed by atoms with Crippen molar-refractivity contribution in [1.29, 1.82) is 0 Å². The summed E-state index contributed by atoms with van der Waals surface area (Å²) < 4.78 is 0. The largest absolute Gasteiger partial charge is 0.308 e. The Morgan fingerprint density at radius 2 is 1.64 bits per heavy atom. The number of rotatable bonds is 3. The summed E-state index contributed by atoms with van der Waals surface area (Å²) in [5.74, 6) is 0. The molecular formula is C11H25N3. The molecule has 0 bridgehead atoms. The molecule has 1 fully saturated rings. The fraction of sp³-hybridized carbons (Fsp3) is 1.00. The number of hydrogen-bond donors (Lipinski definition) is 3. The maximum absolute atomic E-state index is 3.68. The van der Waals surface area contributed by atoms with E-state index >= 15 is 0 Å². The minimum atomic E-state index is 0.243. The maximum atomic E-state index is 3.68. The number of piperidine rings is 1. The molecule has 1 heterocycles. The van der Waals surface area contributed by atoms with E-state index in [0.717, 1.165) is 6.67 Å². The van der Waals surface area contributed by atoms with Crippen molar-refractivity contribution in [1.82, 2.24) is 16.0 Å². The lowest BCUT2D eigenvalue weighted by atomic mass is 9.80. The molecule has 3 nitrogen and oxygen atoms in total. The molecule has 14 heavy (non-hydrogen) atoms. The van der Waals surface area contributed by atoms with Gasteiger partial charge in [0.2, 0.25) is 0 Å². The van der Waals surface area contributed by atoms with Crippen LogP contribution in [0.25, 0.3) is 0 Å². The first-order valence-electron chi connectivity index (χ1n) is 5.52. The highest BCUT2D eigenvalue weighted by Gasteiger charge is 2.37. The van der Waals surface area contributed by atoms with Crippen LogP contribution in [-0.2, 0) is 0 Å². The van der Waals surface area contributed by atoms with Gasteiger partial charge < -0.3 is 16.0 Å². The van der Waals surface area contributed by atoms with Crippen LogP contribution in [0.15, 0.2) is 0 Å². The highest BCUT2D eigenvalue weighted by molar-refractivity contribution is 4.99. The fourth-order valence-electron chi connectivity index (χ4n) is 2.71. The Bertz CT molecular complexity index is 171. The Balaban J connectivity index is 2.53. The third-order valence-corrected chi connectivity index (χ3v) is 2.76. The van der Waals surface area contributed by atoms with Crippen LogP contribution in [0, 0.1) is 0 Å². The first-order chi connectivity index (χ1) is 6.35. The van der Waals surface area contributed by atoms with Gasteiger partial charge in [0.15, 0.2) is 0 Å². The second-order valence-electron chi connectivity index (χ2n) is 5.73. The lowest BCUT2D eigenvalue weighted by Gasteiger charge is -2.46. The van der Waals surface area contributed by atoms with Gasteiger partial charge in [0.25, 0.3) is 0 Å². The van der Waals surface area contributed by atoms with Gasteiger partial charge in [0.05, 0.1) is 0 Å². The molecule has 0 aromatic rings. The van der Waals surface area contributed by atoms with E-state index in [-0.39, 0.29) is 11.1 Å². The normalized spacial score (nSPS) is 26.4. The summed E-state index contributed by atoms with van der Waals surface area (Å²) in [5, 5.41) is 10.3. The van der Waals surface area contributed by atoms with Crippen LogP contribution in [0.5, 0.6) is 0 Å². The highest BCUT2D eigenvalue weighted by atomic mass is 15.1. The van der Waals surface area contributed by atoms with Crippen LogP contribution >= 0.6 is 0 Å². The maximum Gasteiger partial charge on any atom is 0.0453 e. The molecule has 0 aliphatic carbocycles. The molecule has 0 unspecified atom stereocenters. The third-order valence-electron chi connectivity index (χ3n) is 2.76. The average molecular weight is 199 g/mol. The van der Waals surface area contributed by atoms with Gasteiger partial charge in [-0.15, -0.1) is 0 Å². The van der Waals surface area contributed by atoms with Crippen LogP contribution in [0.2, 0.25) is 0 Å². The fourth-order valence-corrected chi connectivity index (χ4v) is 2.71. The molecule has 0 amide bonds. The summed E-state index contributed by atoms with van der Waals surface area (Å²) >= 11 is 0. The van der Waals surface area contributed by atoms with E-state index in [1.165, 1.54) is 12.8 Å². The van der Waals surface area contributed by atoms with Crippen molar-refractivity contribution < 1.29 is 0 Å². The minimum Gasteiger partial charge on any atom is -0.308 e. The smallest absolute Gasteiger partial charge is 0.0453 e. The van der Waals surface area contributed by atoms with E-state index < -0.39 is 0 Å². The molecule has 1 aliphatic heterocycles. The van der Waals surface area contributed by atoms with Crippen LogP contribution in [0.4, 0.5) is 0 Å². The van der Waals surface area contributed by atoms with Gasteiger partial charge in [-0.1, -0.05) is 0 Å². The Kier molecular flexibility index (Phi) is 3.56. The van der Waals surface area contributed by atoms with Gasteiger partial charge in [-0.2, -0.15) is 0 Å². The van der Waals surface area contributed by atoms with E-state index in [4.69, 9.17) is 0 Å². The van der Waals surface area contributed by atoms with E-state index in [1.54, 1.807) is 0 Å². The van der Waals surface area contributed by atoms with Gasteiger partial charge >= 0.3 is 0 Å². The molecule has 3 N–H and O–H groups in total. The molecule has 0 radical (unpaired) electrons. The predicted octanol–water partition coefficient (Wildman–Crippen LogP) is 1.06. The van der Waals surface area contributed by atoms with E-state index in [1.807, 2.05) is 7.05 Å². The van der Waals surface area contributed by atoms with Crippen molar-refractivity contribution in [2.75, 3.05) is 13.7 Å². The molecule has 0 atom stereocenters. The SMILES string of the molecule is CNCNC1CC(C)(C)NC(C)(C)C1. The molecule has 84 valence electrons. The van der Waals surface area contributed by atoms with Crippen LogP contribution in [-0.4, -0.2) is 30.8 Å². The molecular weight excluding hydrogens is 174 g/mol. The van der Waals surface area contributed by atoms with Crippen molar-refractivity contribution >= 4 is 0 Å². The van der Waals surface area contributed by atoms with Crippen LogP contribution in [0.3, 0.4) is 0 Å². The Hall–Kier alpha value is -0.120. The molecule has 0 aromatic carbocycles. The second kappa shape index (κ2) is 4.17. The van der Waals surface area contributed by atoms with Crippen molar-refractivity contribution in [2.45, 2.75) is 57.7 Å². The summed E-state index contributed by atoms with van der Waals surface area (Å²) in [7, 11) is 1.98. The summed E-state index contributed by atoms with van der Waals surface area (Å²) in [4.78, 5) is 0. The van der Waals surface area contributed by atoms with Crippen molar-refractivity contribution in [3.8, 4) is 0 Å². The zero-order valence-corrected chi connectivity index (χ0v) is 10.2. The monoisotopic (exact) mass is 199 g/mol. The first-order valence-corrected chi connectivity index (χ1v) is 5.52. The molecule has 1 aliphatic rings. The summed E-state index contributed by atoms with van der Waals surface area (Å²) in [6.07, 6.45) is 2.39. The number of hydrogen-bond acceptors (Lipinski definition) is 3. The molecule has 1 rings (SSSR count). The van der Waals surface area contributed by atoms with Crippen molar-refractivity contribution in [3.63, 3.8) is 0 Å². The summed E-state index contributed by atoms with van der Waals surface area (Å²) in [6, 6.07) is 0.619. The first kappa shape index (κ1) is 12.0. The van der Waals surface area contributed by atoms with Gasteiger partial charge in [0, 0.05) is 23.8 Å². The highest BCUT2D eigenvalue weighted by Crippen LogP contribution is 2.28. The summed E-state index contributed by atoms with van der Waals surface area (Å²) in [5.41, 5.74) is 0.486. The molecule has 0 saturated carbocycles. The lowest BCUT2D eigenvalue weighted by Crippen LogP contribution is -2.62. The topological polar surface area (TPSA) is 36.1 Å². The average Bonchev–Trinajstić information content (AvgIpc) is 1.94. The molecule has 0 aromatic heterocycles. The zero-order chi connectivity index (χ0) is 10.8. The van der Waals surface area contributed by atoms with Crippen molar-refractivity contribution in [2.24, 2.45) is 0 Å². The van der Waals surface area contributed by atoms with E-state index in [2.05, 4.69) is 43.6 Å². The Morgan fingerprint density at radius 1 is 1.14 bits per heavy atom. The van der Waals surface area contributed by atoms with Crippen LogP contribution in [0.1, 0.15) is 40.5 Å². The summed E-state index contributed by atoms with van der Waals surface area (Å²) in [6.45, 7) is 10.0. The number of nitrogens with one attached hydrogen (secondary N) is 3. The van der Waals surface area contributed by atoms with E-state index in [0.29, 0.717) is 6.04 Å². The zero-order valence-electron chi connectivity index (χ0n) is 10.2. The Labute approximate surface area is 88.0 Å². The van der Waals surface area contributed by atoms with Gasteiger partial charge in [-0.3, -0.25) is 0 Å². The second-order valence-corrected chi connectivity index (χ2v) is 5.73. The van der Waals surface area contributed by atoms with Crippen LogP contribution < -0.4 is 16.0 Å². The quantitative estimate of drug-likeness (QED) is 0.595. The Morgan fingerprint density at radius 3 is 2.07 bits per heavy atom.